The average molecular weight is 282 g/mol. The van der Waals surface area contributed by atoms with E-state index in [1.807, 2.05) is 20.8 Å². The first-order valence-corrected chi connectivity index (χ1v) is 7.27. The highest BCUT2D eigenvalue weighted by atomic mass is 16.8. The van der Waals surface area contributed by atoms with Gasteiger partial charge in [-0.05, 0) is 33.6 Å². The third-order valence-electron chi connectivity index (χ3n) is 4.03. The van der Waals surface area contributed by atoms with Crippen LogP contribution in [0.4, 0.5) is 0 Å². The third-order valence-corrected chi connectivity index (χ3v) is 4.03. The van der Waals surface area contributed by atoms with E-state index in [2.05, 4.69) is 13.2 Å². The van der Waals surface area contributed by atoms with E-state index in [0.717, 1.165) is 12.0 Å². The number of aliphatic hydroxyl groups is 1. The molecule has 114 valence electrons. The quantitative estimate of drug-likeness (QED) is 0.787. The van der Waals surface area contributed by atoms with Crippen LogP contribution in [0.1, 0.15) is 33.6 Å². The fourth-order valence-electron chi connectivity index (χ4n) is 2.99. The highest BCUT2D eigenvalue weighted by Crippen LogP contribution is 2.41. The molecule has 0 spiro atoms. The molecule has 2 aliphatic rings. The molecular weight excluding hydrogens is 256 g/mol. The Morgan fingerprint density at radius 2 is 2.05 bits per heavy atom. The zero-order valence-corrected chi connectivity index (χ0v) is 12.7. The molecule has 0 aromatic rings. The Morgan fingerprint density at radius 3 is 2.65 bits per heavy atom. The highest BCUT2D eigenvalue weighted by molar-refractivity contribution is 5.08. The number of allylic oxidation sites excluding steroid dienone is 1. The van der Waals surface area contributed by atoms with E-state index < -0.39 is 11.9 Å². The van der Waals surface area contributed by atoms with E-state index in [0.29, 0.717) is 13.0 Å². The van der Waals surface area contributed by atoms with Crippen molar-refractivity contribution in [3.8, 4) is 0 Å². The third kappa shape index (κ3) is 3.14. The van der Waals surface area contributed by atoms with Crippen LogP contribution in [0, 0.1) is 5.92 Å². The molecule has 0 radical (unpaired) electrons. The van der Waals surface area contributed by atoms with Gasteiger partial charge in [-0.2, -0.15) is 0 Å². The second-order valence-corrected chi connectivity index (χ2v) is 6.25. The summed E-state index contributed by atoms with van der Waals surface area (Å²) in [7, 11) is 0. The van der Waals surface area contributed by atoms with Crippen molar-refractivity contribution in [2.75, 3.05) is 6.61 Å². The first-order chi connectivity index (χ1) is 9.35. The molecule has 5 atom stereocenters. The van der Waals surface area contributed by atoms with Crippen LogP contribution in [0.25, 0.3) is 0 Å². The fourth-order valence-corrected chi connectivity index (χ4v) is 2.99. The van der Waals surface area contributed by atoms with Gasteiger partial charge in [0.2, 0.25) is 0 Å². The minimum Gasteiger partial charge on any atom is -0.390 e. The lowest BCUT2D eigenvalue weighted by Gasteiger charge is -2.39. The van der Waals surface area contributed by atoms with Crippen LogP contribution >= 0.6 is 0 Å². The predicted molar refractivity (Wildman–Crippen MR) is 77.3 cm³/mol. The molecule has 4 heteroatoms. The SMILES string of the molecule is C=CCC[C@@H](O)[C@@H]1OC[C@@H](C(=C)C)[C@@H]2OC(C)(C)O[C@H]12. The van der Waals surface area contributed by atoms with Gasteiger partial charge in [0.1, 0.15) is 12.2 Å². The van der Waals surface area contributed by atoms with Crippen molar-refractivity contribution in [2.24, 2.45) is 5.92 Å². The molecule has 2 heterocycles. The Bertz CT molecular complexity index is 377. The van der Waals surface area contributed by atoms with Crippen molar-refractivity contribution in [3.05, 3.63) is 24.8 Å². The topological polar surface area (TPSA) is 47.9 Å². The maximum Gasteiger partial charge on any atom is 0.163 e. The van der Waals surface area contributed by atoms with Crippen molar-refractivity contribution in [1.29, 1.82) is 0 Å². The molecule has 0 aliphatic carbocycles. The normalized spacial score (nSPS) is 37.2. The van der Waals surface area contributed by atoms with E-state index >= 15 is 0 Å². The van der Waals surface area contributed by atoms with Gasteiger partial charge in [-0.3, -0.25) is 0 Å². The summed E-state index contributed by atoms with van der Waals surface area (Å²) in [6.07, 6.45) is 1.92. The van der Waals surface area contributed by atoms with E-state index in [4.69, 9.17) is 14.2 Å². The Morgan fingerprint density at radius 1 is 1.40 bits per heavy atom. The van der Waals surface area contributed by atoms with Crippen LogP contribution in [-0.4, -0.2) is 41.9 Å². The van der Waals surface area contributed by atoms with E-state index in [1.165, 1.54) is 0 Å². The van der Waals surface area contributed by atoms with Crippen molar-refractivity contribution in [3.63, 3.8) is 0 Å². The van der Waals surface area contributed by atoms with Crippen LogP contribution in [0.2, 0.25) is 0 Å². The van der Waals surface area contributed by atoms with Crippen molar-refractivity contribution in [2.45, 2.75) is 63.8 Å². The molecule has 2 fully saturated rings. The molecule has 0 amide bonds. The molecule has 0 aromatic heterocycles. The number of hydrogen-bond donors (Lipinski definition) is 1. The summed E-state index contributed by atoms with van der Waals surface area (Å²) in [6.45, 7) is 14.0. The summed E-state index contributed by atoms with van der Waals surface area (Å²) in [5, 5.41) is 10.3. The summed E-state index contributed by atoms with van der Waals surface area (Å²) >= 11 is 0. The average Bonchev–Trinajstić information content (AvgIpc) is 2.68. The Kier molecular flexibility index (Phi) is 4.69. The van der Waals surface area contributed by atoms with E-state index in [9.17, 15) is 5.11 Å². The van der Waals surface area contributed by atoms with Gasteiger partial charge in [0.15, 0.2) is 5.79 Å². The lowest BCUT2D eigenvalue weighted by molar-refractivity contribution is -0.169. The van der Waals surface area contributed by atoms with Crippen LogP contribution < -0.4 is 0 Å². The second kappa shape index (κ2) is 5.98. The maximum atomic E-state index is 10.3. The molecule has 0 bridgehead atoms. The first-order valence-electron chi connectivity index (χ1n) is 7.27. The first kappa shape index (κ1) is 15.7. The smallest absolute Gasteiger partial charge is 0.163 e. The molecule has 4 nitrogen and oxygen atoms in total. The molecule has 0 aromatic carbocycles. The largest absolute Gasteiger partial charge is 0.390 e. The molecule has 0 unspecified atom stereocenters. The number of fused-ring (bicyclic) bond motifs is 1. The fraction of sp³-hybridized carbons (Fsp3) is 0.750. The van der Waals surface area contributed by atoms with Crippen LogP contribution in [-0.2, 0) is 14.2 Å². The monoisotopic (exact) mass is 282 g/mol. The maximum absolute atomic E-state index is 10.3. The zero-order chi connectivity index (χ0) is 14.9. The Balaban J connectivity index is 2.14. The molecule has 0 saturated carbocycles. The minimum atomic E-state index is -0.646. The van der Waals surface area contributed by atoms with Gasteiger partial charge < -0.3 is 19.3 Å². The van der Waals surface area contributed by atoms with Gasteiger partial charge >= 0.3 is 0 Å². The summed E-state index contributed by atoms with van der Waals surface area (Å²) in [5.74, 6) is -0.530. The van der Waals surface area contributed by atoms with Crippen molar-refractivity contribution < 1.29 is 19.3 Å². The second-order valence-electron chi connectivity index (χ2n) is 6.25. The minimum absolute atomic E-state index is 0.0976. The van der Waals surface area contributed by atoms with Crippen molar-refractivity contribution >= 4 is 0 Å². The van der Waals surface area contributed by atoms with Crippen LogP contribution in [0.3, 0.4) is 0 Å². The van der Waals surface area contributed by atoms with Gasteiger partial charge in [-0.25, -0.2) is 0 Å². The summed E-state index contributed by atoms with van der Waals surface area (Å²) < 4.78 is 17.9. The van der Waals surface area contributed by atoms with Gasteiger partial charge in [0, 0.05) is 5.92 Å². The molecule has 1 N–H and O–H groups in total. The Labute approximate surface area is 121 Å². The molecule has 2 aliphatic heterocycles. The summed E-state index contributed by atoms with van der Waals surface area (Å²) in [5.41, 5.74) is 1.03. The zero-order valence-electron chi connectivity index (χ0n) is 12.7. The molecule has 2 rings (SSSR count). The number of rotatable bonds is 5. The Hall–Kier alpha value is -0.680. The van der Waals surface area contributed by atoms with Gasteiger partial charge in [0.05, 0.1) is 18.8 Å². The van der Waals surface area contributed by atoms with Crippen LogP contribution in [0.5, 0.6) is 0 Å². The lowest BCUT2D eigenvalue weighted by Crippen LogP contribution is -2.53. The van der Waals surface area contributed by atoms with Gasteiger partial charge in [0.25, 0.3) is 0 Å². The molecular formula is C16H26O4. The molecule has 20 heavy (non-hydrogen) atoms. The predicted octanol–water partition coefficient (Wildman–Crippen LogP) is 2.42. The van der Waals surface area contributed by atoms with Gasteiger partial charge in [-0.15, -0.1) is 6.58 Å². The van der Waals surface area contributed by atoms with E-state index in [1.54, 1.807) is 6.08 Å². The van der Waals surface area contributed by atoms with E-state index in [-0.39, 0.29) is 24.2 Å². The van der Waals surface area contributed by atoms with Crippen molar-refractivity contribution in [1.82, 2.24) is 0 Å². The molecule has 2 saturated heterocycles. The lowest BCUT2D eigenvalue weighted by atomic mass is 9.85. The number of aliphatic hydroxyl groups excluding tert-OH is 1. The van der Waals surface area contributed by atoms with Gasteiger partial charge in [-0.1, -0.05) is 18.2 Å². The standard InChI is InChI=1S/C16H26O4/c1-6-7-8-12(17)14-15-13(19-16(4,5)20-15)11(9-18-14)10(2)3/h6,11-15,17H,1-2,7-9H2,3-5H3/t11-,12+,13-,14-,15-/m0/s1. The summed E-state index contributed by atoms with van der Waals surface area (Å²) in [4.78, 5) is 0. The number of ether oxygens (including phenoxy) is 3. The number of hydrogen-bond acceptors (Lipinski definition) is 4. The highest BCUT2D eigenvalue weighted by Gasteiger charge is 2.53. The summed E-state index contributed by atoms with van der Waals surface area (Å²) in [6, 6.07) is 0. The van der Waals surface area contributed by atoms with Crippen LogP contribution in [0.15, 0.2) is 24.8 Å².